The number of thioether (sulfide) groups is 1. The van der Waals surface area contributed by atoms with Gasteiger partial charge in [0, 0.05) is 17.2 Å². The van der Waals surface area contributed by atoms with E-state index in [0.29, 0.717) is 15.3 Å². The number of aryl methyl sites for hydroxylation is 1. The number of nitrogens with zero attached hydrogens (tertiary/aromatic N) is 5. The lowest BCUT2D eigenvalue weighted by Crippen LogP contribution is -2.00. The number of fused-ring (bicyclic) bond motifs is 1. The van der Waals surface area contributed by atoms with Crippen LogP contribution < -0.4 is 5.32 Å². The molecule has 150 valence electrons. The molecule has 0 fully saturated rings. The third-order valence-electron chi connectivity index (χ3n) is 4.23. The van der Waals surface area contributed by atoms with E-state index in [1.165, 1.54) is 23.1 Å². The summed E-state index contributed by atoms with van der Waals surface area (Å²) in [4.78, 5) is 4.49. The molecule has 30 heavy (non-hydrogen) atoms. The van der Waals surface area contributed by atoms with Gasteiger partial charge < -0.3 is 15.0 Å². The maximum Gasteiger partial charge on any atom is 0.210 e. The Balaban J connectivity index is 1.49. The Morgan fingerprint density at radius 3 is 2.87 bits per heavy atom. The fourth-order valence-corrected chi connectivity index (χ4v) is 4.87. The number of benzene rings is 2. The molecule has 0 aliphatic carbocycles. The summed E-state index contributed by atoms with van der Waals surface area (Å²) < 4.78 is 3.45. The second-order valence-electron chi connectivity index (χ2n) is 6.21. The fourth-order valence-electron chi connectivity index (χ4n) is 2.82. The van der Waals surface area contributed by atoms with Crippen molar-refractivity contribution in [3.05, 3.63) is 64.6 Å². The van der Waals surface area contributed by atoms with E-state index in [9.17, 15) is 10.4 Å². The molecule has 4 aromatic rings. The van der Waals surface area contributed by atoms with Gasteiger partial charge in [-0.05, 0) is 30.3 Å². The van der Waals surface area contributed by atoms with Gasteiger partial charge in [-0.3, -0.25) is 0 Å². The molecule has 2 aromatic carbocycles. The summed E-state index contributed by atoms with van der Waals surface area (Å²) >= 11 is 6.12. The first-order valence-electron chi connectivity index (χ1n) is 8.78. The monoisotopic (exact) mass is 498 g/mol. The average Bonchev–Trinajstić information content (AvgIpc) is 3.32. The molecular weight excluding hydrogens is 484 g/mol. The van der Waals surface area contributed by atoms with Gasteiger partial charge in [-0.2, -0.15) is 5.26 Å². The van der Waals surface area contributed by atoms with Crippen LogP contribution in [0, 0.1) is 11.3 Å². The molecule has 0 atom stereocenters. The number of nitrogens with one attached hydrogen (secondary N) is 1. The van der Waals surface area contributed by atoms with Crippen LogP contribution >= 0.6 is 39.0 Å². The summed E-state index contributed by atoms with van der Waals surface area (Å²) in [6.07, 6.45) is 0. The second-order valence-corrected chi connectivity index (χ2v) is 9.33. The maximum absolute atomic E-state index is 10.6. The van der Waals surface area contributed by atoms with E-state index in [-0.39, 0.29) is 17.1 Å². The summed E-state index contributed by atoms with van der Waals surface area (Å²) in [5.74, 6) is 0.584. The zero-order chi connectivity index (χ0) is 21.1. The molecule has 0 radical (unpaired) electrons. The lowest BCUT2D eigenvalue weighted by atomic mass is 10.2. The van der Waals surface area contributed by atoms with Gasteiger partial charge in [0.15, 0.2) is 10.2 Å². The zero-order valence-corrected chi connectivity index (χ0v) is 18.9. The third-order valence-corrected chi connectivity index (χ3v) is 6.70. The molecule has 2 N–H and O–H groups in total. The molecule has 0 spiro atoms. The van der Waals surface area contributed by atoms with Crippen molar-refractivity contribution in [2.75, 3.05) is 11.1 Å². The molecule has 0 aliphatic heterocycles. The smallest absolute Gasteiger partial charge is 0.210 e. The zero-order valence-electron chi connectivity index (χ0n) is 15.7. The number of hydrogen-bond donors (Lipinski definition) is 2. The van der Waals surface area contributed by atoms with Crippen molar-refractivity contribution in [1.29, 1.82) is 5.26 Å². The molecule has 0 amide bonds. The van der Waals surface area contributed by atoms with Crippen LogP contribution in [0.2, 0.25) is 0 Å². The van der Waals surface area contributed by atoms with E-state index >= 15 is 0 Å². The topological polar surface area (TPSA) is 99.7 Å². The summed E-state index contributed by atoms with van der Waals surface area (Å²) in [6.45, 7) is 0. The van der Waals surface area contributed by atoms with E-state index < -0.39 is 0 Å². The molecule has 0 saturated heterocycles. The van der Waals surface area contributed by atoms with Gasteiger partial charge in [0.2, 0.25) is 5.13 Å². The van der Waals surface area contributed by atoms with Gasteiger partial charge in [-0.25, -0.2) is 4.98 Å². The number of aromatic nitrogens is 4. The van der Waals surface area contributed by atoms with E-state index in [0.717, 1.165) is 21.2 Å². The van der Waals surface area contributed by atoms with E-state index in [1.807, 2.05) is 55.6 Å². The molecule has 7 nitrogen and oxygen atoms in total. The summed E-state index contributed by atoms with van der Waals surface area (Å²) in [6, 6.07) is 17.4. The number of aliphatic hydroxyl groups is 1. The van der Waals surface area contributed by atoms with Crippen LogP contribution in [0.25, 0.3) is 16.6 Å². The molecular formula is C20H15BrN6OS2. The SMILES string of the molecule is Cn1c(/C(C#N)=C(\O)CSc2nnc(Nc3cccc(Br)c3)s2)nc2ccccc21. The van der Waals surface area contributed by atoms with Crippen LogP contribution in [0.5, 0.6) is 0 Å². The summed E-state index contributed by atoms with van der Waals surface area (Å²) in [7, 11) is 1.83. The van der Waals surface area contributed by atoms with Gasteiger partial charge in [0.25, 0.3) is 0 Å². The second kappa shape index (κ2) is 8.87. The quantitative estimate of drug-likeness (QED) is 0.205. The number of aliphatic hydroxyl groups excluding tert-OH is 1. The van der Waals surface area contributed by atoms with Crippen LogP contribution in [0.4, 0.5) is 10.8 Å². The predicted molar refractivity (Wildman–Crippen MR) is 124 cm³/mol. The Bertz CT molecular complexity index is 1290. The first kappa shape index (κ1) is 20.4. The van der Waals surface area contributed by atoms with Crippen LogP contribution in [-0.4, -0.2) is 30.6 Å². The summed E-state index contributed by atoms with van der Waals surface area (Å²) in [5.41, 5.74) is 2.72. The molecule has 4 rings (SSSR count). The summed E-state index contributed by atoms with van der Waals surface area (Å²) in [5, 5.41) is 32.3. The van der Waals surface area contributed by atoms with E-state index in [1.54, 1.807) is 4.57 Å². The molecule has 0 aliphatic rings. The molecule has 0 unspecified atom stereocenters. The van der Waals surface area contributed by atoms with Crippen LogP contribution in [0.1, 0.15) is 5.82 Å². The van der Waals surface area contributed by atoms with E-state index in [4.69, 9.17) is 0 Å². The van der Waals surface area contributed by atoms with Gasteiger partial charge in [-0.1, -0.05) is 57.2 Å². The Kier molecular flexibility index (Phi) is 6.03. The number of nitriles is 1. The lowest BCUT2D eigenvalue weighted by molar-refractivity contribution is 0.420. The number of halogens is 1. The van der Waals surface area contributed by atoms with Gasteiger partial charge in [-0.15, -0.1) is 10.2 Å². The minimum absolute atomic E-state index is 0.0439. The Hall–Kier alpha value is -2.87. The van der Waals surface area contributed by atoms with Crippen LogP contribution in [0.15, 0.2) is 63.1 Å². The van der Waals surface area contributed by atoms with Crippen molar-refractivity contribution in [1.82, 2.24) is 19.7 Å². The van der Waals surface area contributed by atoms with Gasteiger partial charge >= 0.3 is 0 Å². The Morgan fingerprint density at radius 1 is 1.27 bits per heavy atom. The Morgan fingerprint density at radius 2 is 2.10 bits per heavy atom. The Labute approximate surface area is 189 Å². The molecule has 2 heterocycles. The van der Waals surface area contributed by atoms with Crippen molar-refractivity contribution in [2.24, 2.45) is 7.05 Å². The number of hydrogen-bond acceptors (Lipinski definition) is 8. The first-order chi connectivity index (χ1) is 14.5. The highest BCUT2D eigenvalue weighted by atomic mass is 79.9. The minimum atomic E-state index is -0.0439. The van der Waals surface area contributed by atoms with Crippen molar-refractivity contribution >= 4 is 66.5 Å². The van der Waals surface area contributed by atoms with Crippen molar-refractivity contribution in [3.8, 4) is 6.07 Å². The molecule has 0 saturated carbocycles. The molecule has 2 aromatic heterocycles. The van der Waals surface area contributed by atoms with Crippen LogP contribution in [-0.2, 0) is 7.05 Å². The predicted octanol–water partition coefficient (Wildman–Crippen LogP) is 5.52. The number of rotatable bonds is 6. The average molecular weight is 499 g/mol. The van der Waals surface area contributed by atoms with Crippen LogP contribution in [0.3, 0.4) is 0 Å². The molecule has 0 bridgehead atoms. The van der Waals surface area contributed by atoms with Gasteiger partial charge in [0.05, 0.1) is 16.8 Å². The maximum atomic E-state index is 10.6. The number of allylic oxidation sites excluding steroid dienone is 1. The minimum Gasteiger partial charge on any atom is -0.510 e. The third kappa shape index (κ3) is 4.33. The standard InChI is InChI=1S/C20H15BrN6OS2/c1-27-16-8-3-2-7-15(16)24-18(27)14(10-22)17(28)11-29-20-26-25-19(30-20)23-13-6-4-5-12(21)9-13/h2-9,28H,11H2,1H3,(H,23,25)/b17-14-. The van der Waals surface area contributed by atoms with Crippen molar-refractivity contribution in [2.45, 2.75) is 4.34 Å². The molecule has 10 heteroatoms. The number of para-hydroxylation sites is 2. The number of imidazole rings is 1. The van der Waals surface area contributed by atoms with Crippen molar-refractivity contribution in [3.63, 3.8) is 0 Å². The van der Waals surface area contributed by atoms with Gasteiger partial charge in [0.1, 0.15) is 17.4 Å². The highest BCUT2D eigenvalue weighted by Gasteiger charge is 2.17. The highest BCUT2D eigenvalue weighted by molar-refractivity contribution is 9.10. The number of anilines is 2. The highest BCUT2D eigenvalue weighted by Crippen LogP contribution is 2.31. The normalized spacial score (nSPS) is 11.9. The lowest BCUT2D eigenvalue weighted by Gasteiger charge is -2.04. The largest absolute Gasteiger partial charge is 0.510 e. The first-order valence-corrected chi connectivity index (χ1v) is 11.4. The fraction of sp³-hybridized carbons (Fsp3) is 0.100. The van der Waals surface area contributed by atoms with E-state index in [2.05, 4.69) is 42.5 Å². The van der Waals surface area contributed by atoms with Crippen molar-refractivity contribution < 1.29 is 5.11 Å².